The molecule has 2 aliphatic rings. The van der Waals surface area contributed by atoms with Gasteiger partial charge in [-0.1, -0.05) is 5.16 Å². The smallest absolute Gasteiger partial charge is 0.259 e. The van der Waals surface area contributed by atoms with Crippen LogP contribution in [0.15, 0.2) is 47.3 Å². The Morgan fingerprint density at radius 1 is 1.22 bits per heavy atom. The van der Waals surface area contributed by atoms with Gasteiger partial charge in [-0.25, -0.2) is 4.39 Å². The fourth-order valence-corrected chi connectivity index (χ4v) is 4.86. The third kappa shape index (κ3) is 4.99. The maximum atomic E-state index is 13.7. The van der Waals surface area contributed by atoms with Crippen molar-refractivity contribution in [2.24, 2.45) is 0 Å². The number of rotatable bonds is 6. The lowest BCUT2D eigenvalue weighted by Crippen LogP contribution is -2.46. The maximum absolute atomic E-state index is 13.7. The fraction of sp³-hybridized carbons (Fsp3) is 0.400. The topological polar surface area (TPSA) is 127 Å². The molecule has 1 aromatic carbocycles. The second-order valence-corrected chi connectivity index (χ2v) is 9.12. The first kappa shape index (κ1) is 23.7. The highest BCUT2D eigenvalue weighted by molar-refractivity contribution is 6.13. The second-order valence-electron chi connectivity index (χ2n) is 9.12. The normalized spacial score (nSPS) is 20.8. The number of nitriles is 1. The number of piperidine rings is 1. The molecule has 2 saturated heterocycles. The minimum Gasteiger partial charge on any atom is -0.382 e. The number of nitrogens with one attached hydrogen (secondary N) is 2. The van der Waals surface area contributed by atoms with E-state index in [-0.39, 0.29) is 37.4 Å². The highest BCUT2D eigenvalue weighted by Crippen LogP contribution is 2.28. The van der Waals surface area contributed by atoms with E-state index >= 15 is 0 Å². The molecule has 2 amide bonds. The lowest BCUT2D eigenvalue weighted by molar-refractivity contribution is -0.132. The molecular weight excluding hydrogens is 465 g/mol. The van der Waals surface area contributed by atoms with E-state index in [1.165, 1.54) is 11.2 Å². The first-order chi connectivity index (χ1) is 17.5. The zero-order valence-electron chi connectivity index (χ0n) is 19.6. The number of amides is 2. The first-order valence-electron chi connectivity index (χ1n) is 11.9. The first-order valence-corrected chi connectivity index (χ1v) is 11.9. The second kappa shape index (κ2) is 10.3. The van der Waals surface area contributed by atoms with Crippen molar-refractivity contribution >= 4 is 34.2 Å². The van der Waals surface area contributed by atoms with Crippen LogP contribution in [0.5, 0.6) is 0 Å². The molecule has 5 rings (SSSR count). The van der Waals surface area contributed by atoms with Gasteiger partial charge in [-0.2, -0.15) is 5.26 Å². The van der Waals surface area contributed by atoms with E-state index < -0.39 is 12.2 Å². The molecule has 10 nitrogen and oxygen atoms in total. The van der Waals surface area contributed by atoms with Gasteiger partial charge in [0.05, 0.1) is 30.2 Å². The average Bonchev–Trinajstić information content (AvgIpc) is 3.54. The largest absolute Gasteiger partial charge is 0.382 e. The third-order valence-electron chi connectivity index (χ3n) is 6.72. The summed E-state index contributed by atoms with van der Waals surface area (Å²) in [5, 5.41) is 20.0. The summed E-state index contributed by atoms with van der Waals surface area (Å²) in [6, 6.07) is 10.5. The van der Waals surface area contributed by atoms with Gasteiger partial charge in [-0.3, -0.25) is 19.5 Å². The number of carbonyl (C=O) groups is 2. The molecule has 36 heavy (non-hydrogen) atoms. The molecule has 0 saturated carbocycles. The highest BCUT2D eigenvalue weighted by Gasteiger charge is 2.36. The zero-order chi connectivity index (χ0) is 25.1. The minimum absolute atomic E-state index is 0.00278. The van der Waals surface area contributed by atoms with Gasteiger partial charge in [0, 0.05) is 48.9 Å². The predicted molar refractivity (Wildman–Crippen MR) is 130 cm³/mol. The van der Waals surface area contributed by atoms with Gasteiger partial charge in [-0.15, -0.1) is 0 Å². The minimum atomic E-state index is -1.13. The number of hydrogen-bond donors (Lipinski definition) is 2. The predicted octanol–water partition coefficient (Wildman–Crippen LogP) is 2.81. The number of carbonyl (C=O) groups excluding carboxylic acids is 2. The molecule has 2 atom stereocenters. The molecule has 0 unspecified atom stereocenters. The van der Waals surface area contributed by atoms with Crippen molar-refractivity contribution in [1.29, 1.82) is 5.26 Å². The maximum Gasteiger partial charge on any atom is 0.259 e. The molecule has 4 heterocycles. The van der Waals surface area contributed by atoms with Gasteiger partial charge < -0.3 is 20.1 Å². The summed E-state index contributed by atoms with van der Waals surface area (Å²) in [6.07, 6.45) is 3.63. The van der Waals surface area contributed by atoms with E-state index in [2.05, 4.69) is 25.7 Å². The van der Waals surface area contributed by atoms with Crippen LogP contribution in [0.2, 0.25) is 0 Å². The van der Waals surface area contributed by atoms with E-state index in [0.717, 1.165) is 23.9 Å². The third-order valence-corrected chi connectivity index (χ3v) is 6.72. The highest BCUT2D eigenvalue weighted by atomic mass is 19.1. The van der Waals surface area contributed by atoms with E-state index in [0.29, 0.717) is 30.0 Å². The summed E-state index contributed by atoms with van der Waals surface area (Å²) in [4.78, 5) is 33.3. The van der Waals surface area contributed by atoms with Crippen LogP contribution in [0.25, 0.3) is 10.9 Å². The Morgan fingerprint density at radius 3 is 2.81 bits per heavy atom. The van der Waals surface area contributed by atoms with Crippen LogP contribution in [0, 0.1) is 11.3 Å². The van der Waals surface area contributed by atoms with Gasteiger partial charge in [0.15, 0.2) is 5.82 Å². The van der Waals surface area contributed by atoms with Crippen molar-refractivity contribution in [3.63, 3.8) is 0 Å². The van der Waals surface area contributed by atoms with E-state index in [1.54, 1.807) is 18.3 Å². The Morgan fingerprint density at radius 2 is 2.06 bits per heavy atom. The number of benzene rings is 1. The van der Waals surface area contributed by atoms with Gasteiger partial charge in [-0.05, 0) is 37.1 Å². The Kier molecular flexibility index (Phi) is 6.77. The van der Waals surface area contributed by atoms with E-state index in [4.69, 9.17) is 4.52 Å². The molecule has 0 aliphatic carbocycles. The van der Waals surface area contributed by atoms with Crippen molar-refractivity contribution in [3.8, 4) is 6.07 Å². The zero-order valence-corrected chi connectivity index (χ0v) is 19.6. The van der Waals surface area contributed by atoms with Gasteiger partial charge in [0.2, 0.25) is 5.91 Å². The number of nitrogens with zero attached hydrogens (tertiary/aromatic N) is 5. The van der Waals surface area contributed by atoms with Crippen LogP contribution < -0.4 is 10.6 Å². The Bertz CT molecular complexity index is 1280. The van der Waals surface area contributed by atoms with Crippen molar-refractivity contribution in [3.05, 3.63) is 48.4 Å². The van der Waals surface area contributed by atoms with Crippen LogP contribution in [-0.4, -0.2) is 76.2 Å². The Balaban J connectivity index is 1.21. The number of aromatic nitrogens is 2. The number of hydrogen-bond acceptors (Lipinski definition) is 8. The lowest BCUT2D eigenvalue weighted by atomic mass is 10.0. The summed E-state index contributed by atoms with van der Waals surface area (Å²) in [5.74, 6) is -0.188. The Labute approximate surface area is 207 Å². The summed E-state index contributed by atoms with van der Waals surface area (Å²) in [6.45, 7) is 1.62. The number of halogens is 1. The van der Waals surface area contributed by atoms with E-state index in [9.17, 15) is 19.2 Å². The number of alkyl halides is 1. The molecule has 0 spiro atoms. The molecular formula is C25H26FN7O3. The molecule has 186 valence electrons. The SMILES string of the molecule is N#C[C@@H]1C[C@H](F)CN1C(=O)CN1CCC(Nc2ccc(C(=O)Nc3ccon3)c3ncccc23)CC1. The van der Waals surface area contributed by atoms with Gasteiger partial charge >= 0.3 is 0 Å². The fourth-order valence-electron chi connectivity index (χ4n) is 4.86. The van der Waals surface area contributed by atoms with E-state index in [1.807, 2.05) is 24.3 Å². The van der Waals surface area contributed by atoms with Crippen LogP contribution >= 0.6 is 0 Å². The number of anilines is 2. The Hall–Kier alpha value is -4.04. The number of fused-ring (bicyclic) bond motifs is 1. The number of pyridine rings is 1. The van der Waals surface area contributed by atoms with Gasteiger partial charge in [0.1, 0.15) is 18.5 Å². The van der Waals surface area contributed by atoms with Crippen molar-refractivity contribution in [2.45, 2.75) is 37.5 Å². The van der Waals surface area contributed by atoms with Crippen LogP contribution in [0.4, 0.5) is 15.9 Å². The van der Waals surface area contributed by atoms with Crippen LogP contribution in [0.3, 0.4) is 0 Å². The monoisotopic (exact) mass is 491 g/mol. The summed E-state index contributed by atoms with van der Waals surface area (Å²) < 4.78 is 18.4. The summed E-state index contributed by atoms with van der Waals surface area (Å²) in [7, 11) is 0. The summed E-state index contributed by atoms with van der Waals surface area (Å²) in [5.41, 5.74) is 1.89. The molecule has 2 N–H and O–H groups in total. The van der Waals surface area contributed by atoms with Crippen molar-refractivity contribution < 1.29 is 18.5 Å². The molecule has 0 radical (unpaired) electrons. The molecule has 2 aliphatic heterocycles. The summed E-state index contributed by atoms with van der Waals surface area (Å²) >= 11 is 0. The molecule has 2 fully saturated rings. The molecule has 2 aromatic heterocycles. The lowest BCUT2D eigenvalue weighted by Gasteiger charge is -2.33. The standard InChI is InChI=1S/C25H26FN7O3/c26-16-12-18(13-27)33(14-16)23(34)15-32-9-5-17(6-10-32)29-21-4-3-20(24-19(21)2-1-8-28-24)25(35)30-22-7-11-36-31-22/h1-4,7-8,11,16-18,29H,5-6,9-10,12,14-15H2,(H,30,31,35)/t16-,18-/m0/s1. The van der Waals surface area contributed by atoms with Crippen LogP contribution in [-0.2, 0) is 4.79 Å². The average molecular weight is 492 g/mol. The van der Waals surface area contributed by atoms with Crippen LogP contribution in [0.1, 0.15) is 29.6 Å². The molecule has 11 heteroatoms. The molecule has 3 aromatic rings. The van der Waals surface area contributed by atoms with Crippen molar-refractivity contribution in [1.82, 2.24) is 19.9 Å². The van der Waals surface area contributed by atoms with Gasteiger partial charge in [0.25, 0.3) is 5.91 Å². The van der Waals surface area contributed by atoms with Crippen molar-refractivity contribution in [2.75, 3.05) is 36.8 Å². The molecule has 0 bridgehead atoms. The quantitative estimate of drug-likeness (QED) is 0.539. The number of likely N-dealkylation sites (tertiary alicyclic amines) is 2.